The van der Waals surface area contributed by atoms with Gasteiger partial charge in [0.05, 0.1) is 0 Å². The van der Waals surface area contributed by atoms with Crippen LogP contribution in [0.15, 0.2) is 36.4 Å². The van der Waals surface area contributed by atoms with Gasteiger partial charge in [-0.25, -0.2) is 0 Å². The maximum atomic E-state index is 9.44. The number of phenols is 2. The zero-order valence-corrected chi connectivity index (χ0v) is 11.6. The van der Waals surface area contributed by atoms with Crippen molar-refractivity contribution in [2.24, 2.45) is 0 Å². The molecule has 0 spiro atoms. The van der Waals surface area contributed by atoms with Gasteiger partial charge >= 0.3 is 115 Å². The van der Waals surface area contributed by atoms with E-state index in [9.17, 15) is 10.2 Å². The molecule has 0 atom stereocenters. The number of anilines is 1. The second kappa shape index (κ2) is 4.91. The summed E-state index contributed by atoms with van der Waals surface area (Å²) < 4.78 is 8.71. The fourth-order valence-electron chi connectivity index (χ4n) is 1.83. The number of hydrogen-bond donors (Lipinski definition) is 3. The van der Waals surface area contributed by atoms with Crippen molar-refractivity contribution in [1.29, 1.82) is 0 Å². The summed E-state index contributed by atoms with van der Waals surface area (Å²) in [7, 11) is 0. The summed E-state index contributed by atoms with van der Waals surface area (Å²) in [5, 5.41) is 22.0. The number of nitrogens with zero attached hydrogens (tertiary/aromatic N) is 2. The van der Waals surface area contributed by atoms with Crippen LogP contribution in [0.2, 0.25) is 0 Å². The molecule has 0 bridgehead atoms. The molecule has 5 nitrogen and oxygen atoms in total. The Morgan fingerprint density at radius 2 is 1.95 bits per heavy atom. The Morgan fingerprint density at radius 1 is 1.05 bits per heavy atom. The predicted molar refractivity (Wildman–Crippen MR) is 73.6 cm³/mol. The summed E-state index contributed by atoms with van der Waals surface area (Å²) in [5.74, 6) is -0.221. The number of rotatable bonds is 3. The average molecular weight is 320 g/mol. The first kappa shape index (κ1) is 12.0. The van der Waals surface area contributed by atoms with E-state index in [1.54, 1.807) is 6.07 Å². The molecule has 0 unspecified atom stereocenters. The SMILES string of the molecule is Oc1ccc(CNc2cccc3n[se]nc23)cc1O. The molecule has 2 aromatic carbocycles. The Bertz CT molecular complexity index is 727. The van der Waals surface area contributed by atoms with E-state index in [1.165, 1.54) is 12.1 Å². The monoisotopic (exact) mass is 321 g/mol. The number of hydrogen-bond acceptors (Lipinski definition) is 5. The van der Waals surface area contributed by atoms with Gasteiger partial charge in [0.2, 0.25) is 0 Å². The summed E-state index contributed by atoms with van der Waals surface area (Å²) in [4.78, 5) is 0. The predicted octanol–water partition coefficient (Wildman–Crippen LogP) is 1.71. The van der Waals surface area contributed by atoms with Crippen molar-refractivity contribution < 1.29 is 10.2 Å². The molecule has 19 heavy (non-hydrogen) atoms. The van der Waals surface area contributed by atoms with Gasteiger partial charge in [0.1, 0.15) is 0 Å². The Hall–Kier alpha value is -2.04. The third-order valence-electron chi connectivity index (χ3n) is 2.81. The van der Waals surface area contributed by atoms with Crippen molar-refractivity contribution in [3.63, 3.8) is 0 Å². The van der Waals surface area contributed by atoms with Crippen LogP contribution in [0.5, 0.6) is 11.5 Å². The van der Waals surface area contributed by atoms with Crippen molar-refractivity contribution in [2.75, 3.05) is 5.32 Å². The first-order valence-electron chi connectivity index (χ1n) is 5.70. The van der Waals surface area contributed by atoms with E-state index in [1.807, 2.05) is 18.2 Å². The van der Waals surface area contributed by atoms with Crippen molar-refractivity contribution in [3.05, 3.63) is 42.0 Å². The van der Waals surface area contributed by atoms with E-state index in [0.29, 0.717) is 6.54 Å². The molecule has 6 heteroatoms. The Morgan fingerprint density at radius 3 is 2.79 bits per heavy atom. The van der Waals surface area contributed by atoms with E-state index < -0.39 is 0 Å². The Kier molecular flexibility index (Phi) is 3.11. The zero-order valence-electron chi connectivity index (χ0n) is 9.87. The molecule has 96 valence electrons. The van der Waals surface area contributed by atoms with Crippen LogP contribution in [-0.4, -0.2) is 33.1 Å². The van der Waals surface area contributed by atoms with Crippen LogP contribution in [0, 0.1) is 0 Å². The summed E-state index contributed by atoms with van der Waals surface area (Å²) in [6.45, 7) is 0.548. The van der Waals surface area contributed by atoms with Crippen molar-refractivity contribution >= 4 is 31.7 Å². The van der Waals surface area contributed by atoms with Gasteiger partial charge in [0.25, 0.3) is 0 Å². The van der Waals surface area contributed by atoms with Gasteiger partial charge in [-0.15, -0.1) is 0 Å². The number of nitrogens with one attached hydrogen (secondary N) is 1. The molecule has 1 heterocycles. The molecular formula is C13H11N3O2Se. The number of benzene rings is 2. The molecule has 0 saturated carbocycles. The van der Waals surface area contributed by atoms with Crippen molar-refractivity contribution in [1.82, 2.24) is 7.96 Å². The van der Waals surface area contributed by atoms with Crippen LogP contribution in [0.25, 0.3) is 11.0 Å². The van der Waals surface area contributed by atoms with Crippen LogP contribution >= 0.6 is 0 Å². The molecule has 0 aliphatic heterocycles. The fourth-order valence-corrected chi connectivity index (χ4v) is 2.98. The quantitative estimate of drug-likeness (QED) is 0.506. The number of aromatic hydroxyl groups is 2. The minimum atomic E-state index is -0.111. The van der Waals surface area contributed by atoms with Gasteiger partial charge in [-0.3, -0.25) is 0 Å². The Labute approximate surface area is 115 Å². The van der Waals surface area contributed by atoms with E-state index in [2.05, 4.69) is 13.3 Å². The van der Waals surface area contributed by atoms with Gasteiger partial charge in [0.15, 0.2) is 0 Å². The molecule has 0 amide bonds. The molecule has 0 radical (unpaired) electrons. The second-order valence-electron chi connectivity index (χ2n) is 4.11. The standard InChI is InChI=1S/C13H11N3O2Se/c17-11-5-4-8(6-12(11)18)7-14-9-2-1-3-10-13(9)16-19-15-10/h1-6,14,17-18H,7H2. The number of aromatic nitrogens is 2. The molecule has 0 aliphatic carbocycles. The van der Waals surface area contributed by atoms with Gasteiger partial charge in [-0.2, -0.15) is 0 Å². The van der Waals surface area contributed by atoms with E-state index in [-0.39, 0.29) is 26.5 Å². The van der Waals surface area contributed by atoms with Crippen molar-refractivity contribution in [3.8, 4) is 11.5 Å². The minimum absolute atomic E-state index is 0.0447. The summed E-state index contributed by atoms with van der Waals surface area (Å²) in [6, 6.07) is 10.6. The van der Waals surface area contributed by atoms with Gasteiger partial charge in [-0.1, -0.05) is 0 Å². The molecular weight excluding hydrogens is 309 g/mol. The summed E-state index contributed by atoms with van der Waals surface area (Å²) in [6.07, 6.45) is 0. The summed E-state index contributed by atoms with van der Waals surface area (Å²) in [5.41, 5.74) is 3.66. The third kappa shape index (κ3) is 2.41. The molecule has 3 N–H and O–H groups in total. The fraction of sp³-hybridized carbons (Fsp3) is 0.0769. The molecule has 0 saturated heterocycles. The van der Waals surface area contributed by atoms with E-state index in [4.69, 9.17) is 0 Å². The summed E-state index contributed by atoms with van der Waals surface area (Å²) >= 11 is -0.0447. The van der Waals surface area contributed by atoms with Gasteiger partial charge in [-0.05, 0) is 0 Å². The molecule has 3 rings (SSSR count). The van der Waals surface area contributed by atoms with Crippen LogP contribution in [-0.2, 0) is 6.54 Å². The van der Waals surface area contributed by atoms with E-state index >= 15 is 0 Å². The van der Waals surface area contributed by atoms with Crippen LogP contribution in [0.4, 0.5) is 5.69 Å². The molecule has 0 fully saturated rings. The zero-order chi connectivity index (χ0) is 13.2. The van der Waals surface area contributed by atoms with Crippen LogP contribution in [0.3, 0.4) is 0 Å². The first-order chi connectivity index (χ1) is 9.24. The third-order valence-corrected chi connectivity index (χ3v) is 3.95. The average Bonchev–Trinajstić information content (AvgIpc) is 2.89. The number of phenolic OH excluding ortho intramolecular Hbond substituents is 2. The molecule has 0 aliphatic rings. The van der Waals surface area contributed by atoms with Crippen LogP contribution < -0.4 is 5.32 Å². The van der Waals surface area contributed by atoms with Crippen molar-refractivity contribution in [2.45, 2.75) is 6.54 Å². The number of fused-ring (bicyclic) bond motifs is 1. The maximum absolute atomic E-state index is 9.44. The topological polar surface area (TPSA) is 78.3 Å². The molecule has 3 aromatic rings. The second-order valence-corrected chi connectivity index (χ2v) is 5.22. The van der Waals surface area contributed by atoms with E-state index in [0.717, 1.165) is 22.3 Å². The Balaban J connectivity index is 1.82. The first-order valence-corrected chi connectivity index (χ1v) is 7.23. The normalized spacial score (nSPS) is 10.7. The van der Waals surface area contributed by atoms with Gasteiger partial charge < -0.3 is 0 Å². The van der Waals surface area contributed by atoms with Crippen LogP contribution in [0.1, 0.15) is 5.56 Å². The van der Waals surface area contributed by atoms with Gasteiger partial charge in [0, 0.05) is 0 Å². The molecule has 1 aromatic heterocycles.